The highest BCUT2D eigenvalue weighted by atomic mass is 127. The smallest absolute Gasteiger partial charge is 0.253 e. The van der Waals surface area contributed by atoms with Crippen LogP contribution in [0, 0.1) is 0 Å². The molecule has 0 saturated carbocycles. The fourth-order valence-corrected chi connectivity index (χ4v) is 2.30. The van der Waals surface area contributed by atoms with Gasteiger partial charge in [0.2, 0.25) is 0 Å². The SMILES string of the molecule is CCN(CC)CCNC(=NC)NCc1ccc(C(=O)N(C)C)cc1.I. The van der Waals surface area contributed by atoms with E-state index in [2.05, 4.69) is 34.4 Å². The van der Waals surface area contributed by atoms with E-state index in [0.29, 0.717) is 12.1 Å². The van der Waals surface area contributed by atoms with Crippen molar-refractivity contribution >= 4 is 35.8 Å². The second-order valence-corrected chi connectivity index (χ2v) is 5.78. The molecule has 0 heterocycles. The van der Waals surface area contributed by atoms with E-state index in [0.717, 1.165) is 37.7 Å². The molecule has 6 nitrogen and oxygen atoms in total. The monoisotopic (exact) mass is 461 g/mol. The summed E-state index contributed by atoms with van der Waals surface area (Å²) in [5, 5.41) is 6.61. The molecule has 1 aromatic carbocycles. The lowest BCUT2D eigenvalue weighted by atomic mass is 10.1. The predicted molar refractivity (Wildman–Crippen MR) is 116 cm³/mol. The summed E-state index contributed by atoms with van der Waals surface area (Å²) >= 11 is 0. The molecule has 0 aromatic heterocycles. The quantitative estimate of drug-likeness (QED) is 0.354. The number of amides is 1. The molecule has 2 N–H and O–H groups in total. The van der Waals surface area contributed by atoms with E-state index in [-0.39, 0.29) is 29.9 Å². The first-order valence-corrected chi connectivity index (χ1v) is 8.49. The van der Waals surface area contributed by atoms with Crippen LogP contribution in [-0.4, -0.2) is 69.0 Å². The summed E-state index contributed by atoms with van der Waals surface area (Å²) in [5.41, 5.74) is 1.81. The normalized spacial score (nSPS) is 11.0. The van der Waals surface area contributed by atoms with Crippen LogP contribution in [0.25, 0.3) is 0 Å². The van der Waals surface area contributed by atoms with Gasteiger partial charge in [0, 0.05) is 46.3 Å². The molecule has 0 aliphatic rings. The molecule has 0 aliphatic heterocycles. The van der Waals surface area contributed by atoms with E-state index in [1.54, 1.807) is 26.0 Å². The summed E-state index contributed by atoms with van der Waals surface area (Å²) < 4.78 is 0. The highest BCUT2D eigenvalue weighted by molar-refractivity contribution is 14.0. The predicted octanol–water partition coefficient (Wildman–Crippen LogP) is 2.01. The van der Waals surface area contributed by atoms with E-state index < -0.39 is 0 Å². The highest BCUT2D eigenvalue weighted by Gasteiger charge is 2.07. The van der Waals surface area contributed by atoms with Crippen LogP contribution in [-0.2, 0) is 6.54 Å². The van der Waals surface area contributed by atoms with E-state index in [1.165, 1.54) is 0 Å². The fourth-order valence-electron chi connectivity index (χ4n) is 2.30. The van der Waals surface area contributed by atoms with Crippen molar-refractivity contribution in [3.63, 3.8) is 0 Å². The molecule has 0 saturated heterocycles. The van der Waals surface area contributed by atoms with Crippen LogP contribution < -0.4 is 10.6 Å². The lowest BCUT2D eigenvalue weighted by Crippen LogP contribution is -2.41. The van der Waals surface area contributed by atoms with Crippen molar-refractivity contribution in [3.8, 4) is 0 Å². The molecule has 1 amide bonds. The Morgan fingerprint density at radius 3 is 2.16 bits per heavy atom. The lowest BCUT2D eigenvalue weighted by Gasteiger charge is -2.19. The minimum Gasteiger partial charge on any atom is -0.355 e. The molecule has 0 aliphatic carbocycles. The molecule has 0 fully saturated rings. The third-order valence-electron chi connectivity index (χ3n) is 3.91. The molecule has 1 rings (SSSR count). The molecule has 0 spiro atoms. The Labute approximate surface area is 169 Å². The van der Waals surface area contributed by atoms with Gasteiger partial charge in [-0.3, -0.25) is 9.79 Å². The molecular formula is C18H32IN5O. The molecule has 0 bridgehead atoms. The van der Waals surface area contributed by atoms with Crippen molar-refractivity contribution in [2.45, 2.75) is 20.4 Å². The van der Waals surface area contributed by atoms with Gasteiger partial charge in [0.05, 0.1) is 0 Å². The van der Waals surface area contributed by atoms with E-state index in [1.807, 2.05) is 24.3 Å². The number of aliphatic imine (C=N–C) groups is 1. The molecule has 0 radical (unpaired) electrons. The van der Waals surface area contributed by atoms with Crippen molar-refractivity contribution in [1.82, 2.24) is 20.4 Å². The number of nitrogens with one attached hydrogen (secondary N) is 2. The maximum absolute atomic E-state index is 11.9. The third-order valence-corrected chi connectivity index (χ3v) is 3.91. The van der Waals surface area contributed by atoms with E-state index in [4.69, 9.17) is 0 Å². The number of hydrogen-bond donors (Lipinski definition) is 2. The molecule has 7 heteroatoms. The molecule has 0 unspecified atom stereocenters. The van der Waals surface area contributed by atoms with Gasteiger partial charge in [-0.2, -0.15) is 0 Å². The molecule has 1 aromatic rings. The van der Waals surface area contributed by atoms with Gasteiger partial charge in [0.25, 0.3) is 5.91 Å². The number of rotatable bonds is 8. The van der Waals surface area contributed by atoms with Crippen molar-refractivity contribution in [2.75, 3.05) is 47.3 Å². The summed E-state index contributed by atoms with van der Waals surface area (Å²) in [6.45, 7) is 8.97. The zero-order valence-corrected chi connectivity index (χ0v) is 18.3. The van der Waals surface area contributed by atoms with Crippen LogP contribution in [0.5, 0.6) is 0 Å². The van der Waals surface area contributed by atoms with E-state index >= 15 is 0 Å². The third kappa shape index (κ3) is 8.53. The molecule has 142 valence electrons. The zero-order valence-electron chi connectivity index (χ0n) is 16.0. The van der Waals surface area contributed by atoms with Crippen molar-refractivity contribution in [1.29, 1.82) is 0 Å². The molecule has 25 heavy (non-hydrogen) atoms. The average Bonchev–Trinajstić information content (AvgIpc) is 2.61. The first-order valence-electron chi connectivity index (χ1n) is 8.49. The summed E-state index contributed by atoms with van der Waals surface area (Å²) in [7, 11) is 5.28. The Morgan fingerprint density at radius 1 is 1.08 bits per heavy atom. The summed E-state index contributed by atoms with van der Waals surface area (Å²) in [5.74, 6) is 0.805. The van der Waals surface area contributed by atoms with Gasteiger partial charge in [0.15, 0.2) is 5.96 Å². The molecule has 0 atom stereocenters. The minimum absolute atomic E-state index is 0. The number of carbonyl (C=O) groups is 1. The van der Waals surface area contributed by atoms with Crippen molar-refractivity contribution in [3.05, 3.63) is 35.4 Å². The summed E-state index contributed by atoms with van der Waals surface area (Å²) in [6, 6.07) is 7.64. The number of guanidine groups is 1. The maximum atomic E-state index is 11.9. The van der Waals surface area contributed by atoms with Gasteiger partial charge in [0.1, 0.15) is 0 Å². The second kappa shape index (κ2) is 12.9. The highest BCUT2D eigenvalue weighted by Crippen LogP contribution is 2.06. The number of nitrogens with zero attached hydrogens (tertiary/aromatic N) is 3. The minimum atomic E-state index is 0. The number of likely N-dealkylation sites (N-methyl/N-ethyl adjacent to an activating group) is 1. The lowest BCUT2D eigenvalue weighted by molar-refractivity contribution is 0.0827. The number of hydrogen-bond acceptors (Lipinski definition) is 3. The van der Waals surface area contributed by atoms with Crippen LogP contribution in [0.1, 0.15) is 29.8 Å². The van der Waals surface area contributed by atoms with Gasteiger partial charge >= 0.3 is 0 Å². The van der Waals surface area contributed by atoms with Gasteiger partial charge < -0.3 is 20.4 Å². The van der Waals surface area contributed by atoms with Gasteiger partial charge in [-0.05, 0) is 30.8 Å². The van der Waals surface area contributed by atoms with Crippen molar-refractivity contribution < 1.29 is 4.79 Å². The van der Waals surface area contributed by atoms with Gasteiger partial charge in [-0.25, -0.2) is 0 Å². The van der Waals surface area contributed by atoms with E-state index in [9.17, 15) is 4.79 Å². The fraction of sp³-hybridized carbons (Fsp3) is 0.556. The Balaban J connectivity index is 0.00000576. The first-order chi connectivity index (χ1) is 11.5. The first kappa shape index (κ1) is 23.6. The Bertz CT molecular complexity index is 527. The summed E-state index contributed by atoms with van der Waals surface area (Å²) in [6.07, 6.45) is 0. The number of carbonyl (C=O) groups excluding carboxylic acids is 1. The van der Waals surface area contributed by atoms with Gasteiger partial charge in [-0.1, -0.05) is 26.0 Å². The summed E-state index contributed by atoms with van der Waals surface area (Å²) in [4.78, 5) is 20.0. The van der Waals surface area contributed by atoms with Gasteiger partial charge in [-0.15, -0.1) is 24.0 Å². The van der Waals surface area contributed by atoms with Crippen LogP contribution in [0.15, 0.2) is 29.3 Å². The Hall–Kier alpha value is -1.35. The standard InChI is InChI=1S/C18H31N5O.HI/c1-6-23(7-2)13-12-20-18(19-3)21-14-15-8-10-16(11-9-15)17(24)22(4)5;/h8-11H,6-7,12-14H2,1-5H3,(H2,19,20,21);1H. The van der Waals surface area contributed by atoms with Crippen LogP contribution >= 0.6 is 24.0 Å². The van der Waals surface area contributed by atoms with Crippen molar-refractivity contribution in [2.24, 2.45) is 4.99 Å². The number of halogens is 1. The average molecular weight is 461 g/mol. The molecular weight excluding hydrogens is 429 g/mol. The van der Waals surface area contributed by atoms with Crippen LogP contribution in [0.3, 0.4) is 0 Å². The largest absolute Gasteiger partial charge is 0.355 e. The Kier molecular flexibility index (Phi) is 12.2. The Morgan fingerprint density at radius 2 is 1.68 bits per heavy atom. The van der Waals surface area contributed by atoms with Crippen LogP contribution in [0.2, 0.25) is 0 Å². The zero-order chi connectivity index (χ0) is 17.9. The van der Waals surface area contributed by atoms with Crippen LogP contribution in [0.4, 0.5) is 0 Å². The topological polar surface area (TPSA) is 60.0 Å². The number of benzene rings is 1. The maximum Gasteiger partial charge on any atom is 0.253 e. The second-order valence-electron chi connectivity index (χ2n) is 5.78.